The Kier molecular flexibility index (Phi) is 7.42. The number of H-pyrrole nitrogens is 1. The molecule has 5 rings (SSSR count). The van der Waals surface area contributed by atoms with Crippen LogP contribution >= 0.6 is 0 Å². The Bertz CT molecular complexity index is 956. The summed E-state index contributed by atoms with van der Waals surface area (Å²) in [5, 5.41) is 14.0. The van der Waals surface area contributed by atoms with E-state index in [2.05, 4.69) is 27.0 Å². The Morgan fingerprint density at radius 2 is 1.91 bits per heavy atom. The van der Waals surface area contributed by atoms with Gasteiger partial charge in [-0.15, -0.1) is 0 Å². The number of rotatable bonds is 8. The lowest BCUT2D eigenvalue weighted by Crippen LogP contribution is -2.50. The third kappa shape index (κ3) is 5.58. The van der Waals surface area contributed by atoms with E-state index in [1.165, 1.54) is 19.3 Å². The zero-order valence-electron chi connectivity index (χ0n) is 20.5. The molecule has 3 N–H and O–H groups in total. The number of ether oxygens (including phenoxy) is 1. The fourth-order valence-electron chi connectivity index (χ4n) is 5.58. The van der Waals surface area contributed by atoms with Gasteiger partial charge in [0.15, 0.2) is 0 Å². The maximum atomic E-state index is 13.0. The first kappa shape index (κ1) is 23.6. The first-order valence-corrected chi connectivity index (χ1v) is 13.2. The number of hydrogen-bond acceptors (Lipinski definition) is 5. The average Bonchev–Trinajstić information content (AvgIpc) is 3.25. The summed E-state index contributed by atoms with van der Waals surface area (Å²) in [4.78, 5) is 21.3. The van der Waals surface area contributed by atoms with Crippen molar-refractivity contribution in [3.05, 3.63) is 30.0 Å². The molecule has 1 aromatic heterocycles. The summed E-state index contributed by atoms with van der Waals surface area (Å²) in [5.74, 6) is 1.52. The molecule has 34 heavy (non-hydrogen) atoms. The summed E-state index contributed by atoms with van der Waals surface area (Å²) in [6, 6.07) is 8.65. The highest BCUT2D eigenvalue weighted by Crippen LogP contribution is 2.30. The van der Waals surface area contributed by atoms with Gasteiger partial charge in [0.05, 0.1) is 12.7 Å². The Morgan fingerprint density at radius 3 is 2.62 bits per heavy atom. The lowest BCUT2D eigenvalue weighted by atomic mass is 9.86. The van der Waals surface area contributed by atoms with Gasteiger partial charge in [0, 0.05) is 55.7 Å². The molecule has 1 aromatic carbocycles. The number of aliphatic hydroxyl groups excluding tert-OH is 1. The van der Waals surface area contributed by atoms with E-state index in [4.69, 9.17) is 4.74 Å². The minimum Gasteiger partial charge on any atom is -0.493 e. The highest BCUT2D eigenvalue weighted by Gasteiger charge is 2.26. The van der Waals surface area contributed by atoms with Crippen LogP contribution in [0.2, 0.25) is 0 Å². The highest BCUT2D eigenvalue weighted by molar-refractivity contribution is 5.99. The van der Waals surface area contributed by atoms with Crippen molar-refractivity contribution in [3.63, 3.8) is 0 Å². The molecule has 1 atom stereocenters. The zero-order chi connectivity index (χ0) is 23.5. The van der Waals surface area contributed by atoms with Crippen LogP contribution in [0.3, 0.4) is 0 Å². The van der Waals surface area contributed by atoms with Crippen LogP contribution in [0.5, 0.6) is 5.75 Å². The molecule has 2 aliphatic heterocycles. The molecule has 1 saturated carbocycles. The van der Waals surface area contributed by atoms with Crippen molar-refractivity contribution in [3.8, 4) is 5.75 Å². The number of fused-ring (bicyclic) bond motifs is 1. The Morgan fingerprint density at radius 1 is 1.15 bits per heavy atom. The van der Waals surface area contributed by atoms with Gasteiger partial charge in [-0.3, -0.25) is 9.69 Å². The number of carbonyl (C=O) groups excluding carboxylic acids is 1. The van der Waals surface area contributed by atoms with Gasteiger partial charge in [-0.05, 0) is 69.6 Å². The summed E-state index contributed by atoms with van der Waals surface area (Å²) in [7, 11) is 0. The number of amides is 1. The Balaban J connectivity index is 1.10. The molecule has 1 amide bonds. The molecule has 7 heteroatoms. The predicted octanol–water partition coefficient (Wildman–Crippen LogP) is 3.39. The maximum absolute atomic E-state index is 13.0. The molecule has 2 aromatic rings. The van der Waals surface area contributed by atoms with Gasteiger partial charge in [0.25, 0.3) is 5.91 Å². The molecule has 3 heterocycles. The number of hydrogen-bond donors (Lipinski definition) is 3. The third-order valence-electron chi connectivity index (χ3n) is 8.14. The second-order valence-corrected chi connectivity index (χ2v) is 10.7. The summed E-state index contributed by atoms with van der Waals surface area (Å²) >= 11 is 0. The van der Waals surface area contributed by atoms with E-state index >= 15 is 0 Å². The van der Waals surface area contributed by atoms with Crippen molar-refractivity contribution in [2.45, 2.75) is 70.1 Å². The SMILES string of the molecule is C[C@@H](CN1CCC(NC(=O)c2cc3c(OCC4CCC4)cccc3[nH]2)CC1)N1CCC(O)CC1. The van der Waals surface area contributed by atoms with Gasteiger partial charge in [-0.1, -0.05) is 12.5 Å². The van der Waals surface area contributed by atoms with Crippen molar-refractivity contribution in [2.24, 2.45) is 5.92 Å². The first-order chi connectivity index (χ1) is 16.5. The first-order valence-electron chi connectivity index (χ1n) is 13.2. The molecule has 0 unspecified atom stereocenters. The van der Waals surface area contributed by atoms with Crippen molar-refractivity contribution in [1.29, 1.82) is 0 Å². The van der Waals surface area contributed by atoms with Gasteiger partial charge < -0.3 is 25.0 Å². The van der Waals surface area contributed by atoms with Crippen LogP contribution in [-0.2, 0) is 0 Å². The number of aromatic nitrogens is 1. The quantitative estimate of drug-likeness (QED) is 0.553. The number of likely N-dealkylation sites (tertiary alicyclic amines) is 2. The minimum absolute atomic E-state index is 0.0279. The van der Waals surface area contributed by atoms with Gasteiger partial charge >= 0.3 is 0 Å². The van der Waals surface area contributed by atoms with E-state index in [0.29, 0.717) is 17.7 Å². The summed E-state index contributed by atoms with van der Waals surface area (Å²) in [6.07, 6.45) is 7.45. The molecule has 0 bridgehead atoms. The molecule has 1 aliphatic carbocycles. The third-order valence-corrected chi connectivity index (χ3v) is 8.14. The second-order valence-electron chi connectivity index (χ2n) is 10.7. The van der Waals surface area contributed by atoms with E-state index in [9.17, 15) is 9.90 Å². The predicted molar refractivity (Wildman–Crippen MR) is 134 cm³/mol. The van der Waals surface area contributed by atoms with Crippen LogP contribution in [0.1, 0.15) is 62.4 Å². The smallest absolute Gasteiger partial charge is 0.267 e. The molecule has 186 valence electrons. The standard InChI is InChI=1S/C27H40N4O3/c1-19(31-14-10-22(32)11-15-31)17-30-12-8-21(9-13-30)28-27(33)25-16-23-24(29-25)6-3-7-26(23)34-18-20-4-2-5-20/h3,6-7,16,19-22,29,32H,2,4-5,8-15,17-18H2,1H3,(H,28,33)/t19-/m0/s1. The molecule has 0 spiro atoms. The van der Waals surface area contributed by atoms with Crippen molar-refractivity contribution in [2.75, 3.05) is 39.3 Å². The molecule has 7 nitrogen and oxygen atoms in total. The molecule has 0 radical (unpaired) electrons. The highest BCUT2D eigenvalue weighted by atomic mass is 16.5. The number of carbonyl (C=O) groups is 1. The minimum atomic E-state index is -0.119. The second kappa shape index (κ2) is 10.7. The van der Waals surface area contributed by atoms with Crippen LogP contribution in [0.15, 0.2) is 24.3 Å². The lowest BCUT2D eigenvalue weighted by molar-refractivity contribution is 0.0497. The number of benzene rings is 1. The van der Waals surface area contributed by atoms with Gasteiger partial charge in [-0.25, -0.2) is 0 Å². The molecular formula is C27H40N4O3. The Labute approximate surface area is 202 Å². The van der Waals surface area contributed by atoms with E-state index in [-0.39, 0.29) is 18.1 Å². The van der Waals surface area contributed by atoms with Crippen LogP contribution in [0.25, 0.3) is 10.9 Å². The van der Waals surface area contributed by atoms with E-state index in [1.807, 2.05) is 24.3 Å². The lowest BCUT2D eigenvalue weighted by Gasteiger charge is -2.39. The monoisotopic (exact) mass is 468 g/mol. The van der Waals surface area contributed by atoms with Crippen LogP contribution in [-0.4, -0.2) is 83.3 Å². The zero-order valence-corrected chi connectivity index (χ0v) is 20.5. The number of nitrogens with one attached hydrogen (secondary N) is 2. The van der Waals surface area contributed by atoms with Gasteiger partial charge in [-0.2, -0.15) is 0 Å². The van der Waals surface area contributed by atoms with Gasteiger partial charge in [0.2, 0.25) is 0 Å². The largest absolute Gasteiger partial charge is 0.493 e. The summed E-state index contributed by atoms with van der Waals surface area (Å²) < 4.78 is 6.09. The molecule has 2 saturated heterocycles. The number of aliphatic hydroxyl groups is 1. The van der Waals surface area contributed by atoms with E-state index in [1.54, 1.807) is 0 Å². The van der Waals surface area contributed by atoms with Gasteiger partial charge in [0.1, 0.15) is 11.4 Å². The summed E-state index contributed by atoms with van der Waals surface area (Å²) in [6.45, 7) is 8.13. The van der Waals surface area contributed by atoms with E-state index in [0.717, 1.165) is 81.7 Å². The molecule has 3 fully saturated rings. The molecule has 3 aliphatic rings. The van der Waals surface area contributed by atoms with Crippen molar-refractivity contribution < 1.29 is 14.6 Å². The molecular weight excluding hydrogens is 428 g/mol. The number of aromatic amines is 1. The number of piperidine rings is 2. The van der Waals surface area contributed by atoms with Crippen LogP contribution < -0.4 is 10.1 Å². The van der Waals surface area contributed by atoms with Crippen LogP contribution in [0, 0.1) is 5.92 Å². The van der Waals surface area contributed by atoms with E-state index < -0.39 is 0 Å². The fraction of sp³-hybridized carbons (Fsp3) is 0.667. The number of nitrogens with zero attached hydrogens (tertiary/aromatic N) is 2. The van der Waals surface area contributed by atoms with Crippen molar-refractivity contribution in [1.82, 2.24) is 20.1 Å². The van der Waals surface area contributed by atoms with Crippen molar-refractivity contribution >= 4 is 16.8 Å². The summed E-state index contributed by atoms with van der Waals surface area (Å²) in [5.41, 5.74) is 1.56. The average molecular weight is 469 g/mol. The fourth-order valence-corrected chi connectivity index (χ4v) is 5.58. The Hall–Kier alpha value is -2.09. The maximum Gasteiger partial charge on any atom is 0.267 e. The van der Waals surface area contributed by atoms with Crippen LogP contribution in [0.4, 0.5) is 0 Å². The topological polar surface area (TPSA) is 80.8 Å². The normalized spacial score (nSPS) is 22.5.